The first-order chi connectivity index (χ1) is 4.83. The predicted octanol–water partition coefficient (Wildman–Crippen LogP) is -5.60. The van der Waals surface area contributed by atoms with Gasteiger partial charge in [0, 0.05) is 0 Å². The Morgan fingerprint density at radius 2 is 1.38 bits per heavy atom. The standard InChI is InChI=1S/CH4Cl2O6P2.2Na/c2-8-11(7,9-3)1-10(4,5)6;;/h1H2,(H2,4,5,6);;/q;2*+1/p-2. The Balaban J connectivity index is -0.000000500. The molecule has 0 saturated carbocycles. The molecule has 13 heavy (non-hydrogen) atoms. The zero-order valence-electron chi connectivity index (χ0n) is 6.81. The van der Waals surface area contributed by atoms with Crippen molar-refractivity contribution in [3.8, 4) is 0 Å². The molecule has 0 aromatic heterocycles. The quantitative estimate of drug-likeness (QED) is 0.378. The first kappa shape index (κ1) is 21.2. The van der Waals surface area contributed by atoms with Crippen molar-refractivity contribution in [3.05, 3.63) is 0 Å². The van der Waals surface area contributed by atoms with Crippen LogP contribution in [0.25, 0.3) is 0 Å². The van der Waals surface area contributed by atoms with Gasteiger partial charge in [0.05, 0.1) is 29.6 Å². The topological polar surface area (TPSA) is 98.7 Å². The molecule has 0 rings (SSSR count). The van der Waals surface area contributed by atoms with Crippen LogP contribution >= 0.6 is 38.9 Å². The third kappa shape index (κ3) is 11.1. The van der Waals surface area contributed by atoms with Crippen LogP contribution in [0.2, 0.25) is 0 Å². The summed E-state index contributed by atoms with van der Waals surface area (Å²) in [4.78, 5) is 20.0. The molecule has 0 saturated heterocycles. The minimum Gasteiger partial charge on any atom is -0.810 e. The van der Waals surface area contributed by atoms with Gasteiger partial charge in [0.2, 0.25) is 0 Å². The van der Waals surface area contributed by atoms with Crippen molar-refractivity contribution < 1.29 is 86.2 Å². The first-order valence-electron chi connectivity index (χ1n) is 2.04. The summed E-state index contributed by atoms with van der Waals surface area (Å²) < 4.78 is 27.8. The van der Waals surface area contributed by atoms with Crippen molar-refractivity contribution in [1.29, 1.82) is 0 Å². The maximum absolute atomic E-state index is 10.7. The van der Waals surface area contributed by atoms with E-state index >= 15 is 0 Å². The van der Waals surface area contributed by atoms with E-state index in [2.05, 4.69) is 31.9 Å². The maximum atomic E-state index is 10.7. The fourth-order valence-electron chi connectivity index (χ4n) is 0.266. The Labute approximate surface area is 129 Å². The summed E-state index contributed by atoms with van der Waals surface area (Å²) in [6, 6.07) is 0. The Bertz CT molecular complexity index is 209. The summed E-state index contributed by atoms with van der Waals surface area (Å²) >= 11 is 9.09. The van der Waals surface area contributed by atoms with Gasteiger partial charge in [-0.15, -0.1) is 0 Å². The van der Waals surface area contributed by atoms with Gasteiger partial charge in [0.1, 0.15) is 0 Å². The smallest absolute Gasteiger partial charge is 0.810 e. The van der Waals surface area contributed by atoms with Gasteiger partial charge in [-0.25, -0.2) is 0 Å². The van der Waals surface area contributed by atoms with Crippen molar-refractivity contribution in [3.63, 3.8) is 0 Å². The fourth-order valence-corrected chi connectivity index (χ4v) is 3.38. The zero-order chi connectivity index (χ0) is 9.12. The summed E-state index contributed by atoms with van der Waals surface area (Å²) in [5, 5.41) is 0. The molecule has 0 spiro atoms. The van der Waals surface area contributed by atoms with Crippen LogP contribution in [-0.2, 0) is 17.3 Å². The number of rotatable bonds is 4. The molecule has 0 aliphatic rings. The van der Waals surface area contributed by atoms with Crippen LogP contribution in [0.4, 0.5) is 0 Å². The zero-order valence-corrected chi connectivity index (χ0v) is 14.1. The normalized spacial score (nSPS) is 11.4. The second kappa shape index (κ2) is 8.97. The Morgan fingerprint density at radius 1 is 1.08 bits per heavy atom. The van der Waals surface area contributed by atoms with Gasteiger partial charge >= 0.3 is 66.7 Å². The Kier molecular flexibility index (Phi) is 14.6. The van der Waals surface area contributed by atoms with Gasteiger partial charge in [-0.3, -0.25) is 4.57 Å². The molecule has 0 atom stereocenters. The van der Waals surface area contributed by atoms with E-state index in [0.717, 1.165) is 0 Å². The van der Waals surface area contributed by atoms with Crippen molar-refractivity contribution >= 4 is 38.9 Å². The summed E-state index contributed by atoms with van der Waals surface area (Å²) in [5.41, 5.74) is 0. The van der Waals surface area contributed by atoms with Gasteiger partial charge in [0.25, 0.3) is 0 Å². The van der Waals surface area contributed by atoms with E-state index in [-0.39, 0.29) is 59.1 Å². The molecule has 6 nitrogen and oxygen atoms in total. The molecule has 0 radical (unpaired) electrons. The minimum absolute atomic E-state index is 0. The van der Waals surface area contributed by atoms with E-state index < -0.39 is 21.1 Å². The summed E-state index contributed by atoms with van der Waals surface area (Å²) in [5.74, 6) is -1.37. The van der Waals surface area contributed by atoms with E-state index in [0.29, 0.717) is 0 Å². The molecule has 0 aliphatic heterocycles. The maximum Gasteiger partial charge on any atom is 1.00 e. The van der Waals surface area contributed by atoms with Crippen LogP contribution in [0.15, 0.2) is 0 Å². The summed E-state index contributed by atoms with van der Waals surface area (Å²) in [7, 11) is -9.16. The molecule has 0 aliphatic carbocycles. The van der Waals surface area contributed by atoms with Crippen LogP contribution in [0, 0.1) is 0 Å². The van der Waals surface area contributed by atoms with E-state index in [1.54, 1.807) is 0 Å². The SMILES string of the molecule is O=P([O-])([O-])CP(=O)(OCl)OCl.[Na+].[Na+]. The van der Waals surface area contributed by atoms with Gasteiger partial charge in [-0.2, -0.15) is 8.15 Å². The Morgan fingerprint density at radius 3 is 1.46 bits per heavy atom. The average Bonchev–Trinajstić information content (AvgIpc) is 1.84. The van der Waals surface area contributed by atoms with Crippen molar-refractivity contribution in [2.75, 3.05) is 5.90 Å². The van der Waals surface area contributed by atoms with Gasteiger partial charge in [-0.05, 0) is 0 Å². The fraction of sp³-hybridized carbons (Fsp3) is 1.00. The monoisotopic (exact) mass is 288 g/mol. The number of halogens is 2. The molecule has 0 fully saturated rings. The van der Waals surface area contributed by atoms with E-state index in [9.17, 15) is 18.9 Å². The van der Waals surface area contributed by atoms with Crippen LogP contribution in [0.5, 0.6) is 0 Å². The van der Waals surface area contributed by atoms with Crippen LogP contribution < -0.4 is 68.9 Å². The molecule has 0 aromatic rings. The van der Waals surface area contributed by atoms with E-state index in [1.165, 1.54) is 0 Å². The largest absolute Gasteiger partial charge is 1.00 e. The average molecular weight is 289 g/mol. The van der Waals surface area contributed by atoms with Crippen molar-refractivity contribution in [2.24, 2.45) is 0 Å². The number of hydrogen-bond donors (Lipinski definition) is 0. The van der Waals surface area contributed by atoms with Crippen LogP contribution in [-0.4, -0.2) is 5.90 Å². The second-order valence-corrected chi connectivity index (χ2v) is 6.18. The molecule has 0 bridgehead atoms. The summed E-state index contributed by atoms with van der Waals surface area (Å²) in [6.45, 7) is 0. The third-order valence-corrected chi connectivity index (χ3v) is 5.01. The van der Waals surface area contributed by atoms with Crippen molar-refractivity contribution in [1.82, 2.24) is 0 Å². The summed E-state index contributed by atoms with van der Waals surface area (Å²) in [6.07, 6.45) is 0. The second-order valence-electron chi connectivity index (χ2n) is 1.50. The van der Waals surface area contributed by atoms with Gasteiger partial charge in [0.15, 0.2) is 0 Å². The molecule has 0 amide bonds. The minimum atomic E-state index is -5.00. The molecule has 68 valence electrons. The van der Waals surface area contributed by atoms with Crippen LogP contribution in [0.1, 0.15) is 0 Å². The van der Waals surface area contributed by atoms with E-state index in [1.807, 2.05) is 0 Å². The molecule has 0 N–H and O–H groups in total. The molecular weight excluding hydrogens is 287 g/mol. The molecular formula is CH2Cl2Na2O6P2. The van der Waals surface area contributed by atoms with E-state index in [4.69, 9.17) is 0 Å². The first-order valence-corrected chi connectivity index (χ1v) is 6.11. The predicted molar refractivity (Wildman–Crippen MR) is 34.0 cm³/mol. The molecule has 0 aromatic carbocycles. The molecule has 0 unspecified atom stereocenters. The molecule has 0 heterocycles. The van der Waals surface area contributed by atoms with Crippen LogP contribution in [0.3, 0.4) is 0 Å². The third-order valence-electron chi connectivity index (χ3n) is 0.557. The Hall–Kier alpha value is 2.88. The molecule has 12 heteroatoms. The number of hydrogen-bond acceptors (Lipinski definition) is 6. The van der Waals surface area contributed by atoms with Gasteiger partial charge < -0.3 is 14.4 Å². The van der Waals surface area contributed by atoms with Crippen molar-refractivity contribution in [2.45, 2.75) is 0 Å². The van der Waals surface area contributed by atoms with Gasteiger partial charge in [-0.1, -0.05) is 7.60 Å².